The zero-order chi connectivity index (χ0) is 20.6. The SMILES string of the molecule is CCOc1ccc(-c2ccc(C3CCC4(CC3)OCCO4)c(F)c2F)c(F)c1F. The summed E-state index contributed by atoms with van der Waals surface area (Å²) in [6.45, 7) is 2.89. The summed E-state index contributed by atoms with van der Waals surface area (Å²) in [6.07, 6.45) is 2.42. The molecule has 1 heterocycles. The first-order chi connectivity index (χ1) is 14.0. The number of benzene rings is 2. The molecule has 1 aliphatic carbocycles. The number of ether oxygens (including phenoxy) is 3. The van der Waals surface area contributed by atoms with Crippen molar-refractivity contribution < 1.29 is 31.8 Å². The first-order valence-corrected chi connectivity index (χ1v) is 9.83. The van der Waals surface area contributed by atoms with E-state index < -0.39 is 29.1 Å². The molecule has 0 aromatic heterocycles. The molecule has 1 aliphatic heterocycles. The lowest BCUT2D eigenvalue weighted by Crippen LogP contribution is -2.34. The van der Waals surface area contributed by atoms with Gasteiger partial charge in [-0.25, -0.2) is 13.2 Å². The van der Waals surface area contributed by atoms with E-state index in [9.17, 15) is 17.6 Å². The standard InChI is InChI=1S/C22H22F4O3/c1-2-27-17-6-5-16(20(25)21(17)26)15-4-3-14(18(23)19(15)24)13-7-9-22(10-8-13)28-11-12-29-22/h3-6,13H,2,7-12H2,1H3. The van der Waals surface area contributed by atoms with Gasteiger partial charge in [-0.05, 0) is 43.4 Å². The monoisotopic (exact) mass is 410 g/mol. The van der Waals surface area contributed by atoms with Crippen LogP contribution in [0.1, 0.15) is 44.1 Å². The molecule has 0 amide bonds. The average molecular weight is 410 g/mol. The zero-order valence-corrected chi connectivity index (χ0v) is 16.1. The topological polar surface area (TPSA) is 27.7 Å². The largest absolute Gasteiger partial charge is 0.491 e. The summed E-state index contributed by atoms with van der Waals surface area (Å²) >= 11 is 0. The van der Waals surface area contributed by atoms with Gasteiger partial charge in [0, 0.05) is 24.0 Å². The summed E-state index contributed by atoms with van der Waals surface area (Å²) in [7, 11) is 0. The summed E-state index contributed by atoms with van der Waals surface area (Å²) in [5, 5.41) is 0. The highest BCUT2D eigenvalue weighted by Gasteiger charge is 2.41. The third-order valence-electron chi connectivity index (χ3n) is 5.75. The van der Waals surface area contributed by atoms with Crippen molar-refractivity contribution >= 4 is 0 Å². The molecule has 2 aromatic rings. The smallest absolute Gasteiger partial charge is 0.201 e. The van der Waals surface area contributed by atoms with E-state index in [4.69, 9.17) is 14.2 Å². The van der Waals surface area contributed by atoms with Gasteiger partial charge in [0.15, 0.2) is 29.0 Å². The van der Waals surface area contributed by atoms with Crippen LogP contribution in [0.4, 0.5) is 17.6 Å². The summed E-state index contributed by atoms with van der Waals surface area (Å²) in [6, 6.07) is 5.17. The van der Waals surface area contributed by atoms with Gasteiger partial charge in [0.1, 0.15) is 0 Å². The number of halogens is 4. The van der Waals surface area contributed by atoms with E-state index in [1.807, 2.05) is 0 Å². The Labute approximate surface area is 166 Å². The predicted octanol–water partition coefficient (Wildman–Crippen LogP) is 5.71. The Hall–Kier alpha value is -2.12. The molecule has 1 saturated heterocycles. The van der Waals surface area contributed by atoms with Gasteiger partial charge in [-0.3, -0.25) is 0 Å². The Bertz CT molecular complexity index is 899. The van der Waals surface area contributed by atoms with E-state index >= 15 is 0 Å². The van der Waals surface area contributed by atoms with Crippen molar-refractivity contribution in [2.75, 3.05) is 19.8 Å². The van der Waals surface area contributed by atoms with Gasteiger partial charge < -0.3 is 14.2 Å². The molecule has 0 unspecified atom stereocenters. The Balaban J connectivity index is 1.61. The van der Waals surface area contributed by atoms with Crippen LogP contribution in [-0.4, -0.2) is 25.6 Å². The van der Waals surface area contributed by atoms with Gasteiger partial charge in [0.05, 0.1) is 19.8 Å². The van der Waals surface area contributed by atoms with Gasteiger partial charge in [-0.15, -0.1) is 0 Å². The van der Waals surface area contributed by atoms with Gasteiger partial charge in [0.25, 0.3) is 0 Å². The van der Waals surface area contributed by atoms with E-state index in [2.05, 4.69) is 0 Å². The number of hydrogen-bond donors (Lipinski definition) is 0. The van der Waals surface area contributed by atoms with Crippen molar-refractivity contribution in [3.8, 4) is 16.9 Å². The van der Waals surface area contributed by atoms with Crippen LogP contribution in [0.25, 0.3) is 11.1 Å². The lowest BCUT2D eigenvalue weighted by Gasteiger charge is -2.35. The quantitative estimate of drug-likeness (QED) is 0.605. The van der Waals surface area contributed by atoms with Crippen molar-refractivity contribution in [2.45, 2.75) is 44.3 Å². The minimum absolute atomic E-state index is 0.159. The number of hydrogen-bond acceptors (Lipinski definition) is 3. The first kappa shape index (κ1) is 20.2. The molecule has 3 nitrogen and oxygen atoms in total. The maximum absolute atomic E-state index is 14.9. The van der Waals surface area contributed by atoms with E-state index in [1.54, 1.807) is 6.92 Å². The third-order valence-corrected chi connectivity index (χ3v) is 5.75. The van der Waals surface area contributed by atoms with Gasteiger partial charge in [-0.2, -0.15) is 4.39 Å². The molecular formula is C22H22F4O3. The van der Waals surface area contributed by atoms with E-state index in [1.165, 1.54) is 24.3 Å². The molecule has 1 spiro atoms. The van der Waals surface area contributed by atoms with Crippen molar-refractivity contribution in [1.29, 1.82) is 0 Å². The Kier molecular flexibility index (Phi) is 5.53. The Morgan fingerprint density at radius 3 is 2.07 bits per heavy atom. The summed E-state index contributed by atoms with van der Waals surface area (Å²) < 4.78 is 74.6. The second-order valence-corrected chi connectivity index (χ2v) is 7.38. The summed E-state index contributed by atoms with van der Waals surface area (Å²) in [5.74, 6) is -5.73. The zero-order valence-electron chi connectivity index (χ0n) is 16.1. The molecule has 0 N–H and O–H groups in total. The fourth-order valence-electron chi connectivity index (χ4n) is 4.25. The van der Waals surface area contributed by atoms with Crippen LogP contribution >= 0.6 is 0 Å². The van der Waals surface area contributed by atoms with Crippen LogP contribution in [0.2, 0.25) is 0 Å². The lowest BCUT2D eigenvalue weighted by molar-refractivity contribution is -0.178. The van der Waals surface area contributed by atoms with Crippen molar-refractivity contribution in [3.05, 3.63) is 53.1 Å². The molecular weight excluding hydrogens is 388 g/mol. The first-order valence-electron chi connectivity index (χ1n) is 9.83. The van der Waals surface area contributed by atoms with Gasteiger partial charge in [0.2, 0.25) is 5.82 Å². The molecule has 0 atom stereocenters. The Morgan fingerprint density at radius 1 is 0.862 bits per heavy atom. The molecule has 4 rings (SSSR count). The fourth-order valence-corrected chi connectivity index (χ4v) is 4.25. The van der Waals surface area contributed by atoms with Crippen LogP contribution in [-0.2, 0) is 9.47 Å². The molecule has 2 aromatic carbocycles. The van der Waals surface area contributed by atoms with Crippen molar-refractivity contribution in [2.24, 2.45) is 0 Å². The van der Waals surface area contributed by atoms with Crippen molar-refractivity contribution in [1.82, 2.24) is 0 Å². The van der Waals surface area contributed by atoms with Gasteiger partial charge in [-0.1, -0.05) is 12.1 Å². The average Bonchev–Trinajstić information content (AvgIpc) is 3.17. The minimum atomic E-state index is -1.27. The fraction of sp³-hybridized carbons (Fsp3) is 0.455. The van der Waals surface area contributed by atoms with Crippen LogP contribution in [0.15, 0.2) is 24.3 Å². The van der Waals surface area contributed by atoms with Crippen LogP contribution < -0.4 is 4.74 Å². The molecule has 156 valence electrons. The van der Waals surface area contributed by atoms with E-state index in [0.29, 0.717) is 38.9 Å². The second kappa shape index (κ2) is 7.95. The van der Waals surface area contributed by atoms with E-state index in [-0.39, 0.29) is 35.0 Å². The minimum Gasteiger partial charge on any atom is -0.491 e. The van der Waals surface area contributed by atoms with Gasteiger partial charge >= 0.3 is 0 Å². The maximum atomic E-state index is 14.9. The highest BCUT2D eigenvalue weighted by atomic mass is 19.2. The molecule has 0 bridgehead atoms. The summed E-state index contributed by atoms with van der Waals surface area (Å²) in [5.41, 5.74) is -0.421. The van der Waals surface area contributed by atoms with Crippen LogP contribution in [0, 0.1) is 23.3 Å². The highest BCUT2D eigenvalue weighted by Crippen LogP contribution is 2.44. The molecule has 7 heteroatoms. The normalized spacial score (nSPS) is 19.1. The van der Waals surface area contributed by atoms with Crippen molar-refractivity contribution in [3.63, 3.8) is 0 Å². The molecule has 1 saturated carbocycles. The predicted molar refractivity (Wildman–Crippen MR) is 98.7 cm³/mol. The van der Waals surface area contributed by atoms with E-state index in [0.717, 1.165) is 0 Å². The number of rotatable bonds is 4. The Morgan fingerprint density at radius 2 is 1.45 bits per heavy atom. The molecule has 2 fully saturated rings. The second-order valence-electron chi connectivity index (χ2n) is 7.38. The molecule has 0 radical (unpaired) electrons. The maximum Gasteiger partial charge on any atom is 0.201 e. The molecule has 2 aliphatic rings. The van der Waals surface area contributed by atoms with Crippen LogP contribution in [0.5, 0.6) is 5.75 Å². The highest BCUT2D eigenvalue weighted by molar-refractivity contribution is 5.66. The van der Waals surface area contributed by atoms with Crippen LogP contribution in [0.3, 0.4) is 0 Å². The third kappa shape index (κ3) is 3.62. The molecule has 29 heavy (non-hydrogen) atoms. The lowest BCUT2D eigenvalue weighted by atomic mass is 9.80. The summed E-state index contributed by atoms with van der Waals surface area (Å²) in [4.78, 5) is 0.